The molecule has 5 nitrogen and oxygen atoms in total. The summed E-state index contributed by atoms with van der Waals surface area (Å²) >= 11 is 0. The number of carbonyl (C=O) groups excluding carboxylic acids is 1. The molecular formula is C11H12N2O3. The zero-order valence-electron chi connectivity index (χ0n) is 9.19. The van der Waals surface area contributed by atoms with Crippen molar-refractivity contribution in [1.82, 2.24) is 10.1 Å². The van der Waals surface area contributed by atoms with Crippen LogP contribution in [-0.4, -0.2) is 15.9 Å². The van der Waals surface area contributed by atoms with Crippen LogP contribution in [0.15, 0.2) is 21.3 Å². The van der Waals surface area contributed by atoms with Gasteiger partial charge in [0.25, 0.3) is 0 Å². The Labute approximate surface area is 92.5 Å². The van der Waals surface area contributed by atoms with Gasteiger partial charge in [0, 0.05) is 6.42 Å². The number of furan rings is 1. The molecule has 2 rings (SSSR count). The van der Waals surface area contributed by atoms with Gasteiger partial charge in [-0.25, -0.2) is 0 Å². The number of Topliss-reactive ketones (excluding diaryl/α,β-unsaturated/α-hetero) is 1. The number of aryl methyl sites for hydroxylation is 1. The number of ketones is 1. The van der Waals surface area contributed by atoms with Crippen LogP contribution in [-0.2, 0) is 11.2 Å². The average Bonchev–Trinajstić information content (AvgIpc) is 2.86. The zero-order chi connectivity index (χ0) is 11.5. The fourth-order valence-corrected chi connectivity index (χ4v) is 1.31. The second-order valence-corrected chi connectivity index (χ2v) is 3.51. The van der Waals surface area contributed by atoms with E-state index in [4.69, 9.17) is 8.94 Å². The molecule has 0 aliphatic carbocycles. The number of hydrogen-bond donors (Lipinski definition) is 0. The van der Waals surface area contributed by atoms with Gasteiger partial charge in [-0.05, 0) is 18.6 Å². The zero-order valence-corrected chi connectivity index (χ0v) is 9.19. The van der Waals surface area contributed by atoms with Crippen molar-refractivity contribution in [3.05, 3.63) is 23.8 Å². The Hall–Kier alpha value is -1.91. The Morgan fingerprint density at radius 3 is 2.94 bits per heavy atom. The second kappa shape index (κ2) is 4.30. The molecule has 0 aromatic carbocycles. The van der Waals surface area contributed by atoms with Crippen LogP contribution in [0, 0.1) is 6.92 Å². The van der Waals surface area contributed by atoms with Gasteiger partial charge in [0.2, 0.25) is 11.7 Å². The van der Waals surface area contributed by atoms with Crippen LogP contribution >= 0.6 is 0 Å². The van der Waals surface area contributed by atoms with Crippen molar-refractivity contribution >= 4 is 5.78 Å². The average molecular weight is 220 g/mol. The van der Waals surface area contributed by atoms with E-state index in [1.54, 1.807) is 13.2 Å². The van der Waals surface area contributed by atoms with Gasteiger partial charge in [0.05, 0.1) is 12.7 Å². The first-order valence-corrected chi connectivity index (χ1v) is 5.09. The van der Waals surface area contributed by atoms with Crippen molar-refractivity contribution in [1.29, 1.82) is 0 Å². The molecule has 2 heterocycles. The van der Waals surface area contributed by atoms with E-state index in [0.717, 1.165) is 5.56 Å². The van der Waals surface area contributed by atoms with Crippen LogP contribution in [0.25, 0.3) is 11.6 Å². The molecule has 0 spiro atoms. The van der Waals surface area contributed by atoms with Crippen LogP contribution in [0.1, 0.15) is 24.8 Å². The topological polar surface area (TPSA) is 69.1 Å². The standard InChI is InChI=1S/C11H12N2O3/c1-3-8(14)6-9-12-11(13-16-9)10-7(2)4-5-15-10/h4-5H,3,6H2,1-2H3. The lowest BCUT2D eigenvalue weighted by atomic mass is 10.2. The van der Waals surface area contributed by atoms with E-state index in [0.29, 0.717) is 23.9 Å². The highest BCUT2D eigenvalue weighted by molar-refractivity contribution is 5.79. The first-order valence-electron chi connectivity index (χ1n) is 5.09. The number of nitrogens with zero attached hydrogens (tertiary/aromatic N) is 2. The van der Waals surface area contributed by atoms with Gasteiger partial charge in [-0.2, -0.15) is 4.98 Å². The number of rotatable bonds is 4. The second-order valence-electron chi connectivity index (χ2n) is 3.51. The minimum absolute atomic E-state index is 0.0753. The van der Waals surface area contributed by atoms with Crippen molar-refractivity contribution in [3.8, 4) is 11.6 Å². The Morgan fingerprint density at radius 1 is 1.50 bits per heavy atom. The summed E-state index contributed by atoms with van der Waals surface area (Å²) in [7, 11) is 0. The molecule has 2 aromatic rings. The molecule has 0 N–H and O–H groups in total. The fourth-order valence-electron chi connectivity index (χ4n) is 1.31. The summed E-state index contributed by atoms with van der Waals surface area (Å²) in [5, 5.41) is 3.77. The quantitative estimate of drug-likeness (QED) is 0.789. The summed E-state index contributed by atoms with van der Waals surface area (Å²) in [6, 6.07) is 1.82. The summed E-state index contributed by atoms with van der Waals surface area (Å²) in [6.07, 6.45) is 2.22. The minimum Gasteiger partial charge on any atom is -0.461 e. The molecular weight excluding hydrogens is 208 g/mol. The number of aromatic nitrogens is 2. The van der Waals surface area contributed by atoms with Crippen molar-refractivity contribution < 1.29 is 13.7 Å². The molecule has 0 aliphatic heterocycles. The molecule has 0 saturated heterocycles. The van der Waals surface area contributed by atoms with Gasteiger partial charge in [-0.15, -0.1) is 0 Å². The third-order valence-electron chi connectivity index (χ3n) is 2.28. The van der Waals surface area contributed by atoms with E-state index in [2.05, 4.69) is 10.1 Å². The van der Waals surface area contributed by atoms with Gasteiger partial charge < -0.3 is 8.94 Å². The molecule has 0 radical (unpaired) electrons. The van der Waals surface area contributed by atoms with E-state index >= 15 is 0 Å². The maximum Gasteiger partial charge on any atom is 0.238 e. The highest BCUT2D eigenvalue weighted by atomic mass is 16.5. The first kappa shape index (κ1) is 10.6. The van der Waals surface area contributed by atoms with Crippen LogP contribution in [0.3, 0.4) is 0 Å². The van der Waals surface area contributed by atoms with Crippen molar-refractivity contribution in [2.24, 2.45) is 0 Å². The van der Waals surface area contributed by atoms with Crippen LogP contribution in [0.2, 0.25) is 0 Å². The summed E-state index contributed by atoms with van der Waals surface area (Å²) in [5.41, 5.74) is 0.939. The van der Waals surface area contributed by atoms with E-state index < -0.39 is 0 Å². The van der Waals surface area contributed by atoms with Crippen LogP contribution in [0.4, 0.5) is 0 Å². The highest BCUT2D eigenvalue weighted by Crippen LogP contribution is 2.21. The van der Waals surface area contributed by atoms with Gasteiger partial charge in [0.15, 0.2) is 5.76 Å². The predicted octanol–water partition coefficient (Wildman–Crippen LogP) is 2.16. The third-order valence-corrected chi connectivity index (χ3v) is 2.28. The molecule has 0 atom stereocenters. The van der Waals surface area contributed by atoms with Gasteiger partial charge in [-0.1, -0.05) is 12.1 Å². The molecule has 5 heteroatoms. The van der Waals surface area contributed by atoms with Crippen molar-refractivity contribution in [2.75, 3.05) is 0 Å². The molecule has 0 bridgehead atoms. The van der Waals surface area contributed by atoms with Crippen molar-refractivity contribution in [3.63, 3.8) is 0 Å². The highest BCUT2D eigenvalue weighted by Gasteiger charge is 2.15. The van der Waals surface area contributed by atoms with Gasteiger partial charge >= 0.3 is 0 Å². The van der Waals surface area contributed by atoms with E-state index in [9.17, 15) is 4.79 Å². The van der Waals surface area contributed by atoms with Gasteiger partial charge in [-0.3, -0.25) is 4.79 Å². The molecule has 84 valence electrons. The van der Waals surface area contributed by atoms with Crippen LogP contribution < -0.4 is 0 Å². The normalized spacial score (nSPS) is 10.6. The number of hydrogen-bond acceptors (Lipinski definition) is 5. The lowest BCUT2D eigenvalue weighted by Crippen LogP contribution is -2.00. The molecule has 0 fully saturated rings. The summed E-state index contributed by atoms with van der Waals surface area (Å²) in [6.45, 7) is 3.70. The smallest absolute Gasteiger partial charge is 0.238 e. The monoisotopic (exact) mass is 220 g/mol. The van der Waals surface area contributed by atoms with E-state index in [-0.39, 0.29) is 12.2 Å². The van der Waals surface area contributed by atoms with E-state index in [1.165, 1.54) is 0 Å². The third kappa shape index (κ3) is 2.03. The maximum absolute atomic E-state index is 11.2. The number of carbonyl (C=O) groups is 1. The fraction of sp³-hybridized carbons (Fsp3) is 0.364. The molecule has 2 aromatic heterocycles. The van der Waals surface area contributed by atoms with Gasteiger partial charge in [0.1, 0.15) is 5.78 Å². The predicted molar refractivity (Wildman–Crippen MR) is 55.7 cm³/mol. The van der Waals surface area contributed by atoms with Crippen LogP contribution in [0.5, 0.6) is 0 Å². The first-order chi connectivity index (χ1) is 7.70. The molecule has 0 saturated carbocycles. The minimum atomic E-state index is 0.0753. The molecule has 0 unspecified atom stereocenters. The van der Waals surface area contributed by atoms with Crippen molar-refractivity contribution in [2.45, 2.75) is 26.7 Å². The lowest BCUT2D eigenvalue weighted by molar-refractivity contribution is -0.118. The molecule has 0 amide bonds. The molecule has 16 heavy (non-hydrogen) atoms. The summed E-state index contributed by atoms with van der Waals surface area (Å²) in [4.78, 5) is 15.3. The Bertz CT molecular complexity index is 499. The maximum atomic E-state index is 11.2. The summed E-state index contributed by atoms with van der Waals surface area (Å²) < 4.78 is 10.2. The van der Waals surface area contributed by atoms with E-state index in [1.807, 2.05) is 13.0 Å². The molecule has 0 aliphatic rings. The largest absolute Gasteiger partial charge is 0.461 e. The lowest BCUT2D eigenvalue weighted by Gasteiger charge is -1.89. The SMILES string of the molecule is CCC(=O)Cc1nc(-c2occc2C)no1. The Balaban J connectivity index is 2.20. The Kier molecular flexibility index (Phi) is 2.85. The summed E-state index contributed by atoms with van der Waals surface area (Å²) in [5.74, 6) is 1.38. The Morgan fingerprint density at radius 2 is 2.31 bits per heavy atom.